The van der Waals surface area contributed by atoms with E-state index in [1.165, 1.54) is 6.07 Å². The van der Waals surface area contributed by atoms with Gasteiger partial charge in [-0.15, -0.1) is 6.58 Å². The van der Waals surface area contributed by atoms with Crippen LogP contribution in [0.3, 0.4) is 0 Å². The number of hydrogen-bond acceptors (Lipinski definition) is 4. The summed E-state index contributed by atoms with van der Waals surface area (Å²) in [7, 11) is -4.51. The van der Waals surface area contributed by atoms with Crippen molar-refractivity contribution in [3.63, 3.8) is 0 Å². The van der Waals surface area contributed by atoms with Crippen molar-refractivity contribution in [3.8, 4) is 11.5 Å². The topological polar surface area (TPSA) is 72.8 Å². The normalized spacial score (nSPS) is 13.9. The lowest BCUT2D eigenvalue weighted by molar-refractivity contribution is 0.356. The van der Waals surface area contributed by atoms with Crippen LogP contribution in [0.2, 0.25) is 0 Å². The third-order valence-corrected chi connectivity index (χ3v) is 2.89. The molecule has 1 aliphatic rings. The van der Waals surface area contributed by atoms with Gasteiger partial charge in [0.05, 0.1) is 6.61 Å². The van der Waals surface area contributed by atoms with Crippen molar-refractivity contribution in [2.45, 2.75) is 12.8 Å². The Hall–Kier alpha value is -1.53. The van der Waals surface area contributed by atoms with Crippen LogP contribution in [0.1, 0.15) is 11.1 Å². The fourth-order valence-corrected chi connectivity index (χ4v) is 2.27. The van der Waals surface area contributed by atoms with Gasteiger partial charge in [-0.1, -0.05) is 6.08 Å². The van der Waals surface area contributed by atoms with Crippen molar-refractivity contribution in [1.29, 1.82) is 0 Å². The van der Waals surface area contributed by atoms with E-state index in [1.54, 1.807) is 12.1 Å². The zero-order valence-corrected chi connectivity index (χ0v) is 9.87. The van der Waals surface area contributed by atoms with Crippen LogP contribution in [0.5, 0.6) is 11.5 Å². The van der Waals surface area contributed by atoms with E-state index in [0.29, 0.717) is 25.0 Å². The van der Waals surface area contributed by atoms with Gasteiger partial charge in [-0.05, 0) is 18.6 Å². The van der Waals surface area contributed by atoms with Gasteiger partial charge in [0.25, 0.3) is 0 Å². The monoisotopic (exact) mass is 256 g/mol. The second-order valence-corrected chi connectivity index (χ2v) is 4.64. The standard InChI is InChI=1S/C11H12O5S/c1-2-3-8-9-6-7-15-10(9)4-5-11(8)16-17(12,13)14/h2,4-5H,1,3,6-7H2,(H,12,13,14). The van der Waals surface area contributed by atoms with Crippen LogP contribution in [0.15, 0.2) is 24.8 Å². The molecule has 6 heteroatoms. The van der Waals surface area contributed by atoms with E-state index in [2.05, 4.69) is 10.8 Å². The molecular formula is C11H12O5S. The second-order valence-electron chi connectivity index (χ2n) is 3.62. The Labute approximate surface area is 99.6 Å². The Bertz CT molecular complexity index is 547. The summed E-state index contributed by atoms with van der Waals surface area (Å²) in [6.45, 7) is 4.18. The largest absolute Gasteiger partial charge is 0.493 e. The molecule has 1 N–H and O–H groups in total. The van der Waals surface area contributed by atoms with Crippen LogP contribution in [0, 0.1) is 0 Å². The van der Waals surface area contributed by atoms with Crippen LogP contribution in [-0.2, 0) is 23.2 Å². The van der Waals surface area contributed by atoms with Gasteiger partial charge in [0.1, 0.15) is 11.5 Å². The molecular weight excluding hydrogens is 244 g/mol. The van der Waals surface area contributed by atoms with Gasteiger partial charge >= 0.3 is 10.4 Å². The van der Waals surface area contributed by atoms with Gasteiger partial charge in [0.15, 0.2) is 0 Å². The average molecular weight is 256 g/mol. The van der Waals surface area contributed by atoms with E-state index in [4.69, 9.17) is 9.29 Å². The molecule has 2 rings (SSSR count). The summed E-state index contributed by atoms with van der Waals surface area (Å²) in [5.74, 6) is 0.848. The molecule has 0 radical (unpaired) electrons. The van der Waals surface area contributed by atoms with Gasteiger partial charge in [0, 0.05) is 17.5 Å². The molecule has 0 saturated heterocycles. The quantitative estimate of drug-likeness (QED) is 0.653. The van der Waals surface area contributed by atoms with Crippen LogP contribution < -0.4 is 8.92 Å². The van der Waals surface area contributed by atoms with Gasteiger partial charge in [-0.2, -0.15) is 8.42 Å². The predicted octanol–water partition coefficient (Wildman–Crippen LogP) is 1.53. The zero-order chi connectivity index (χ0) is 12.5. The number of hydrogen-bond donors (Lipinski definition) is 1. The van der Waals surface area contributed by atoms with E-state index in [1.807, 2.05) is 0 Å². The molecule has 0 amide bonds. The Morgan fingerprint density at radius 3 is 2.94 bits per heavy atom. The third-order valence-electron chi connectivity index (χ3n) is 2.50. The molecule has 5 nitrogen and oxygen atoms in total. The van der Waals surface area contributed by atoms with Crippen molar-refractivity contribution in [1.82, 2.24) is 0 Å². The average Bonchev–Trinajstić information content (AvgIpc) is 2.67. The van der Waals surface area contributed by atoms with E-state index in [0.717, 1.165) is 11.3 Å². The molecule has 1 heterocycles. The lowest BCUT2D eigenvalue weighted by Gasteiger charge is -2.10. The molecule has 0 fully saturated rings. The fourth-order valence-electron chi connectivity index (χ4n) is 1.88. The van der Waals surface area contributed by atoms with Crippen LogP contribution in [0.25, 0.3) is 0 Å². The van der Waals surface area contributed by atoms with E-state index in [9.17, 15) is 8.42 Å². The summed E-state index contributed by atoms with van der Waals surface area (Å²) >= 11 is 0. The molecule has 17 heavy (non-hydrogen) atoms. The molecule has 0 aromatic heterocycles. The summed E-state index contributed by atoms with van der Waals surface area (Å²) in [4.78, 5) is 0. The highest BCUT2D eigenvalue weighted by Gasteiger charge is 2.21. The number of allylic oxidation sites excluding steroid dienone is 1. The van der Waals surface area contributed by atoms with Crippen LogP contribution in [0.4, 0.5) is 0 Å². The maximum absolute atomic E-state index is 10.7. The van der Waals surface area contributed by atoms with E-state index in [-0.39, 0.29) is 5.75 Å². The Balaban J connectivity index is 2.48. The molecule has 0 unspecified atom stereocenters. The molecule has 0 aliphatic carbocycles. The minimum atomic E-state index is -4.51. The molecule has 0 bridgehead atoms. The first-order chi connectivity index (χ1) is 8.01. The number of ether oxygens (including phenoxy) is 1. The van der Waals surface area contributed by atoms with Crippen molar-refractivity contribution >= 4 is 10.4 Å². The van der Waals surface area contributed by atoms with E-state index >= 15 is 0 Å². The number of fused-ring (bicyclic) bond motifs is 1. The number of rotatable bonds is 4. The van der Waals surface area contributed by atoms with Gasteiger partial charge in [0.2, 0.25) is 0 Å². The summed E-state index contributed by atoms with van der Waals surface area (Å²) in [5, 5.41) is 0. The molecule has 1 aliphatic heterocycles. The Morgan fingerprint density at radius 2 is 2.29 bits per heavy atom. The number of benzene rings is 1. The lowest BCUT2D eigenvalue weighted by Crippen LogP contribution is -2.09. The first-order valence-electron chi connectivity index (χ1n) is 5.06. The molecule has 1 aromatic rings. The highest BCUT2D eigenvalue weighted by atomic mass is 32.3. The third kappa shape index (κ3) is 2.59. The van der Waals surface area contributed by atoms with Gasteiger partial charge in [-0.3, -0.25) is 4.55 Å². The maximum atomic E-state index is 10.7. The first kappa shape index (κ1) is 11.9. The summed E-state index contributed by atoms with van der Waals surface area (Å²) in [6.07, 6.45) is 2.79. The van der Waals surface area contributed by atoms with Crippen molar-refractivity contribution in [3.05, 3.63) is 35.9 Å². The Kier molecular flexibility index (Phi) is 3.08. The molecule has 0 spiro atoms. The highest BCUT2D eigenvalue weighted by Crippen LogP contribution is 2.35. The van der Waals surface area contributed by atoms with Crippen LogP contribution >= 0.6 is 0 Å². The van der Waals surface area contributed by atoms with Gasteiger partial charge < -0.3 is 8.92 Å². The minimum Gasteiger partial charge on any atom is -0.493 e. The van der Waals surface area contributed by atoms with Crippen molar-refractivity contribution in [2.24, 2.45) is 0 Å². The fraction of sp³-hybridized carbons (Fsp3) is 0.273. The molecule has 0 atom stereocenters. The van der Waals surface area contributed by atoms with Crippen molar-refractivity contribution in [2.75, 3.05) is 6.61 Å². The van der Waals surface area contributed by atoms with E-state index < -0.39 is 10.4 Å². The van der Waals surface area contributed by atoms with Crippen molar-refractivity contribution < 1.29 is 21.9 Å². The van der Waals surface area contributed by atoms with Crippen LogP contribution in [-0.4, -0.2) is 19.6 Å². The predicted molar refractivity (Wildman–Crippen MR) is 61.7 cm³/mol. The molecule has 92 valence electrons. The second kappa shape index (κ2) is 4.38. The van der Waals surface area contributed by atoms with Gasteiger partial charge in [-0.25, -0.2) is 0 Å². The zero-order valence-electron chi connectivity index (χ0n) is 9.05. The molecule has 0 saturated carbocycles. The maximum Gasteiger partial charge on any atom is 0.446 e. The summed E-state index contributed by atoms with van der Waals surface area (Å²) < 4.78 is 40.1. The Morgan fingerprint density at radius 1 is 1.53 bits per heavy atom. The first-order valence-corrected chi connectivity index (χ1v) is 6.43. The smallest absolute Gasteiger partial charge is 0.446 e. The molecule has 1 aromatic carbocycles. The summed E-state index contributed by atoms with van der Waals surface area (Å²) in [5.41, 5.74) is 1.60. The highest BCUT2D eigenvalue weighted by molar-refractivity contribution is 7.81. The summed E-state index contributed by atoms with van der Waals surface area (Å²) in [6, 6.07) is 3.10. The SMILES string of the molecule is C=CCc1c(OS(=O)(=O)O)ccc2c1CCO2. The lowest BCUT2D eigenvalue weighted by atomic mass is 10.0. The minimum absolute atomic E-state index is 0.122.